The maximum atomic E-state index is 11.7. The lowest BCUT2D eigenvalue weighted by Crippen LogP contribution is -2.37. The number of aromatic nitrogens is 1. The number of aliphatic hydroxyl groups is 1. The molecule has 0 radical (unpaired) electrons. The van der Waals surface area contributed by atoms with Crippen LogP contribution in [0.4, 0.5) is 5.82 Å². The third kappa shape index (κ3) is 4.12. The molecule has 1 aromatic heterocycles. The van der Waals surface area contributed by atoms with Crippen molar-refractivity contribution in [3.05, 3.63) is 53.2 Å². The van der Waals surface area contributed by atoms with Gasteiger partial charge < -0.3 is 10.0 Å². The van der Waals surface area contributed by atoms with E-state index in [4.69, 9.17) is 16.7 Å². The number of pyridine rings is 1. The van der Waals surface area contributed by atoms with Crippen LogP contribution in [0.2, 0.25) is 5.02 Å². The molecular weight excluding hydrogens is 362 g/mol. The third-order valence-electron chi connectivity index (χ3n) is 4.55. The molecule has 134 valence electrons. The average Bonchev–Trinajstić information content (AvgIpc) is 2.61. The van der Waals surface area contributed by atoms with Gasteiger partial charge >= 0.3 is 0 Å². The molecule has 8 heteroatoms. The Kier molecular flexibility index (Phi) is 5.29. The second-order valence-corrected chi connectivity index (χ2v) is 8.16. The van der Waals surface area contributed by atoms with Gasteiger partial charge in [0.2, 0.25) is 10.0 Å². The second-order valence-electron chi connectivity index (χ2n) is 6.19. The van der Waals surface area contributed by atoms with E-state index >= 15 is 0 Å². The SMILES string of the molecule is NS(=O)(=O)c1cccnc1N1CCC(C(O)c2ccc(Cl)cc2)CC1. The number of benzene rings is 1. The first-order chi connectivity index (χ1) is 11.9. The largest absolute Gasteiger partial charge is 0.388 e. The summed E-state index contributed by atoms with van der Waals surface area (Å²) in [6, 6.07) is 10.2. The van der Waals surface area contributed by atoms with Gasteiger partial charge in [0, 0.05) is 24.3 Å². The molecule has 6 nitrogen and oxygen atoms in total. The third-order valence-corrected chi connectivity index (χ3v) is 5.74. The Balaban J connectivity index is 1.71. The monoisotopic (exact) mass is 381 g/mol. The zero-order chi connectivity index (χ0) is 18.0. The van der Waals surface area contributed by atoms with Crippen molar-refractivity contribution in [2.45, 2.75) is 23.8 Å². The Hall–Kier alpha value is -1.67. The molecule has 1 atom stereocenters. The first-order valence-corrected chi connectivity index (χ1v) is 9.95. The number of rotatable bonds is 4. The van der Waals surface area contributed by atoms with Crippen LogP contribution in [0.25, 0.3) is 0 Å². The fraction of sp³-hybridized carbons (Fsp3) is 0.353. The highest BCUT2D eigenvalue weighted by Crippen LogP contribution is 2.33. The lowest BCUT2D eigenvalue weighted by molar-refractivity contribution is 0.0928. The summed E-state index contributed by atoms with van der Waals surface area (Å²) in [7, 11) is -3.83. The van der Waals surface area contributed by atoms with Crippen LogP contribution in [0.1, 0.15) is 24.5 Å². The van der Waals surface area contributed by atoms with Gasteiger partial charge in [-0.05, 0) is 48.6 Å². The number of nitrogens with two attached hydrogens (primary N) is 1. The number of primary sulfonamides is 1. The number of hydrogen-bond acceptors (Lipinski definition) is 5. The minimum Gasteiger partial charge on any atom is -0.388 e. The normalized spacial score (nSPS) is 17.5. The zero-order valence-corrected chi connectivity index (χ0v) is 15.1. The highest BCUT2D eigenvalue weighted by Gasteiger charge is 2.29. The molecule has 1 saturated heterocycles. The number of aliphatic hydroxyl groups excluding tert-OH is 1. The van der Waals surface area contributed by atoms with Crippen LogP contribution in [-0.2, 0) is 10.0 Å². The van der Waals surface area contributed by atoms with Crippen molar-refractivity contribution in [3.63, 3.8) is 0 Å². The summed E-state index contributed by atoms with van der Waals surface area (Å²) < 4.78 is 23.5. The zero-order valence-electron chi connectivity index (χ0n) is 13.5. The first-order valence-electron chi connectivity index (χ1n) is 8.02. The van der Waals surface area contributed by atoms with Crippen LogP contribution in [0.15, 0.2) is 47.5 Å². The van der Waals surface area contributed by atoms with E-state index < -0.39 is 16.1 Å². The van der Waals surface area contributed by atoms with Gasteiger partial charge in [0.25, 0.3) is 0 Å². The van der Waals surface area contributed by atoms with Crippen LogP contribution >= 0.6 is 11.6 Å². The van der Waals surface area contributed by atoms with E-state index in [-0.39, 0.29) is 10.8 Å². The fourth-order valence-electron chi connectivity index (χ4n) is 3.20. The van der Waals surface area contributed by atoms with E-state index in [1.54, 1.807) is 24.4 Å². The van der Waals surface area contributed by atoms with Crippen molar-refractivity contribution in [1.82, 2.24) is 4.98 Å². The van der Waals surface area contributed by atoms with Gasteiger partial charge in [0.15, 0.2) is 0 Å². The molecule has 2 aromatic rings. The van der Waals surface area contributed by atoms with Crippen LogP contribution in [0.3, 0.4) is 0 Å². The molecule has 25 heavy (non-hydrogen) atoms. The van der Waals surface area contributed by atoms with E-state index in [9.17, 15) is 13.5 Å². The van der Waals surface area contributed by atoms with Crippen molar-refractivity contribution in [2.24, 2.45) is 11.1 Å². The van der Waals surface area contributed by atoms with Gasteiger partial charge in [-0.2, -0.15) is 0 Å². The summed E-state index contributed by atoms with van der Waals surface area (Å²) in [5, 5.41) is 16.5. The van der Waals surface area contributed by atoms with Gasteiger partial charge in [0.05, 0.1) is 6.10 Å². The minimum atomic E-state index is -3.83. The van der Waals surface area contributed by atoms with Crippen LogP contribution in [0, 0.1) is 5.92 Å². The maximum Gasteiger partial charge on any atom is 0.241 e. The van der Waals surface area contributed by atoms with E-state index in [0.717, 1.165) is 18.4 Å². The number of sulfonamides is 1. The van der Waals surface area contributed by atoms with Gasteiger partial charge in [-0.15, -0.1) is 0 Å². The quantitative estimate of drug-likeness (QED) is 0.847. The molecule has 3 rings (SSSR count). The molecular formula is C17H20ClN3O3S. The average molecular weight is 382 g/mol. The summed E-state index contributed by atoms with van der Waals surface area (Å²) in [6.07, 6.45) is 2.44. The Morgan fingerprint density at radius 1 is 1.20 bits per heavy atom. The van der Waals surface area contributed by atoms with E-state index in [2.05, 4.69) is 4.98 Å². The number of halogens is 1. The molecule has 0 saturated carbocycles. The predicted octanol–water partition coefficient (Wildman–Crippen LogP) is 2.33. The number of piperidine rings is 1. The molecule has 0 aliphatic carbocycles. The molecule has 1 aliphatic rings. The molecule has 1 unspecified atom stereocenters. The Bertz CT molecular complexity index is 834. The summed E-state index contributed by atoms with van der Waals surface area (Å²) in [4.78, 5) is 6.14. The molecule has 2 heterocycles. The molecule has 0 spiro atoms. The predicted molar refractivity (Wildman–Crippen MR) is 97.0 cm³/mol. The minimum absolute atomic E-state index is 0.0340. The molecule has 3 N–H and O–H groups in total. The fourth-order valence-corrected chi connectivity index (χ4v) is 4.03. The van der Waals surface area contributed by atoms with Gasteiger partial charge in [0.1, 0.15) is 10.7 Å². The Morgan fingerprint density at radius 3 is 2.44 bits per heavy atom. The van der Waals surface area contributed by atoms with Crippen molar-refractivity contribution in [2.75, 3.05) is 18.0 Å². The van der Waals surface area contributed by atoms with Crippen molar-refractivity contribution in [1.29, 1.82) is 0 Å². The standard InChI is InChI=1S/C17H20ClN3O3S/c18-14-5-3-12(4-6-14)16(22)13-7-10-21(11-8-13)17-15(25(19,23)24)2-1-9-20-17/h1-6,9,13,16,22H,7-8,10-11H2,(H2,19,23,24). The summed E-state index contributed by atoms with van der Waals surface area (Å²) in [5.41, 5.74) is 0.839. The molecule has 1 aromatic carbocycles. The van der Waals surface area contributed by atoms with E-state index in [1.165, 1.54) is 6.07 Å². The van der Waals surface area contributed by atoms with Crippen LogP contribution < -0.4 is 10.0 Å². The van der Waals surface area contributed by atoms with E-state index in [1.807, 2.05) is 17.0 Å². The Labute approximate surface area is 152 Å². The second kappa shape index (κ2) is 7.29. The van der Waals surface area contributed by atoms with Gasteiger partial charge in [-0.25, -0.2) is 18.5 Å². The molecule has 1 aliphatic heterocycles. The van der Waals surface area contributed by atoms with Crippen LogP contribution in [-0.4, -0.2) is 31.6 Å². The highest BCUT2D eigenvalue weighted by atomic mass is 35.5. The topological polar surface area (TPSA) is 96.5 Å². The number of hydrogen-bond donors (Lipinski definition) is 2. The number of nitrogens with zero attached hydrogens (tertiary/aromatic N) is 2. The van der Waals surface area contributed by atoms with Crippen molar-refractivity contribution < 1.29 is 13.5 Å². The molecule has 0 bridgehead atoms. The van der Waals surface area contributed by atoms with Crippen LogP contribution in [0.5, 0.6) is 0 Å². The lowest BCUT2D eigenvalue weighted by Gasteiger charge is -2.35. The molecule has 0 amide bonds. The maximum absolute atomic E-state index is 11.7. The molecule has 1 fully saturated rings. The number of anilines is 1. The Morgan fingerprint density at radius 2 is 1.84 bits per heavy atom. The summed E-state index contributed by atoms with van der Waals surface area (Å²) >= 11 is 5.89. The first kappa shape index (κ1) is 18.1. The van der Waals surface area contributed by atoms with E-state index in [0.29, 0.717) is 23.9 Å². The van der Waals surface area contributed by atoms with Crippen molar-refractivity contribution >= 4 is 27.4 Å². The lowest BCUT2D eigenvalue weighted by atomic mass is 9.87. The summed E-state index contributed by atoms with van der Waals surface area (Å²) in [5.74, 6) is 0.475. The van der Waals surface area contributed by atoms with Gasteiger partial charge in [-0.3, -0.25) is 0 Å². The highest BCUT2D eigenvalue weighted by molar-refractivity contribution is 7.89. The smallest absolute Gasteiger partial charge is 0.241 e. The van der Waals surface area contributed by atoms with Gasteiger partial charge in [-0.1, -0.05) is 23.7 Å². The summed E-state index contributed by atoms with van der Waals surface area (Å²) in [6.45, 7) is 1.21. The van der Waals surface area contributed by atoms with Crippen molar-refractivity contribution in [3.8, 4) is 0 Å².